The predicted octanol–water partition coefficient (Wildman–Crippen LogP) is 5.99. The summed E-state index contributed by atoms with van der Waals surface area (Å²) in [7, 11) is -2.67. The van der Waals surface area contributed by atoms with Gasteiger partial charge in [-0.2, -0.15) is 0 Å². The van der Waals surface area contributed by atoms with Crippen molar-refractivity contribution >= 4 is 10.0 Å². The molecule has 0 bridgehead atoms. The molecule has 11 atom stereocenters. The molecule has 14 heteroatoms. The summed E-state index contributed by atoms with van der Waals surface area (Å²) in [6.45, 7) is 2.41. The van der Waals surface area contributed by atoms with Crippen molar-refractivity contribution in [1.29, 1.82) is 0 Å². The number of rotatable bonds is 17. The van der Waals surface area contributed by atoms with Gasteiger partial charge in [-0.05, 0) is 35.7 Å². The van der Waals surface area contributed by atoms with Gasteiger partial charge in [-0.1, -0.05) is 139 Å². The van der Waals surface area contributed by atoms with E-state index in [1.807, 2.05) is 128 Å². The van der Waals surface area contributed by atoms with Gasteiger partial charge in [0.2, 0.25) is 10.0 Å². The molecule has 0 aromatic heterocycles. The quantitative estimate of drug-likeness (QED) is 0.113. The van der Waals surface area contributed by atoms with Gasteiger partial charge >= 0.3 is 0 Å². The molecule has 62 heavy (non-hydrogen) atoms. The fourth-order valence-corrected chi connectivity index (χ4v) is 9.10. The van der Waals surface area contributed by atoms with Gasteiger partial charge in [0.25, 0.3) is 0 Å². The maximum atomic E-state index is 13.9. The second kappa shape index (κ2) is 20.9. The largest absolute Gasteiger partial charge is 0.388 e. The topological polar surface area (TPSA) is 149 Å². The monoisotopic (exact) mass is 867 g/mol. The van der Waals surface area contributed by atoms with E-state index in [0.717, 1.165) is 27.8 Å². The Morgan fingerprint density at radius 3 is 1.73 bits per heavy atom. The molecule has 0 radical (unpaired) electrons. The molecule has 3 fully saturated rings. The molecule has 3 aliphatic rings. The summed E-state index contributed by atoms with van der Waals surface area (Å²) in [5.41, 5.74) is 4.45. The molecule has 13 nitrogen and oxygen atoms in total. The molecule has 0 spiro atoms. The molecule has 328 valence electrons. The van der Waals surface area contributed by atoms with Gasteiger partial charge in [0.15, 0.2) is 18.9 Å². The minimum atomic E-state index is -4.20. The standard InChI is InChI=1S/C48H53NO12S/c1-32-23-25-37(26-24-32)62(51,52)49-40-41(50)42-38(30-57-46(61-42)36-21-13-6-14-22-36)59-47(40)58-31-39-43(54-27-33-15-7-3-8-16-33)44(55-28-34-17-9-4-10-18-34)45(48(53-2)60-39)56-29-35-19-11-5-12-20-35/h3-26,38-50H,27-31H2,1-2H3/t38-,39-,40-,41-,42-,43-,44+,45-,46?,47+,48+/m1/s1. The van der Waals surface area contributed by atoms with Crippen LogP contribution in [0.3, 0.4) is 0 Å². The highest BCUT2D eigenvalue weighted by Gasteiger charge is 2.53. The first-order valence-corrected chi connectivity index (χ1v) is 22.2. The number of hydrogen-bond acceptors (Lipinski definition) is 12. The van der Waals surface area contributed by atoms with E-state index in [0.29, 0.717) is 0 Å². The van der Waals surface area contributed by atoms with Crippen LogP contribution in [-0.2, 0) is 72.5 Å². The Morgan fingerprint density at radius 2 is 1.16 bits per heavy atom. The van der Waals surface area contributed by atoms with Crippen LogP contribution in [0.2, 0.25) is 0 Å². The van der Waals surface area contributed by atoms with Crippen LogP contribution in [-0.4, -0.2) is 95.2 Å². The van der Waals surface area contributed by atoms with Crippen molar-refractivity contribution in [2.75, 3.05) is 20.3 Å². The van der Waals surface area contributed by atoms with Gasteiger partial charge in [-0.25, -0.2) is 13.1 Å². The molecule has 5 aromatic rings. The third-order valence-corrected chi connectivity index (χ3v) is 12.6. The summed E-state index contributed by atoms with van der Waals surface area (Å²) in [5, 5.41) is 12.1. The van der Waals surface area contributed by atoms with Crippen molar-refractivity contribution in [3.8, 4) is 0 Å². The van der Waals surface area contributed by atoms with Crippen LogP contribution in [0.15, 0.2) is 150 Å². The van der Waals surface area contributed by atoms with Crippen molar-refractivity contribution < 1.29 is 56.2 Å². The van der Waals surface area contributed by atoms with Crippen molar-refractivity contribution in [2.24, 2.45) is 0 Å². The number of methoxy groups -OCH3 is 1. The van der Waals surface area contributed by atoms with Crippen LogP contribution in [0.25, 0.3) is 0 Å². The zero-order chi connectivity index (χ0) is 42.9. The van der Waals surface area contributed by atoms with Crippen molar-refractivity contribution in [1.82, 2.24) is 4.72 Å². The smallest absolute Gasteiger partial charge is 0.241 e. The molecule has 2 N–H and O–H groups in total. The molecule has 0 aliphatic carbocycles. The first-order chi connectivity index (χ1) is 30.3. The fraction of sp³-hybridized carbons (Fsp3) is 0.375. The highest BCUT2D eigenvalue weighted by atomic mass is 32.2. The first kappa shape index (κ1) is 44.2. The van der Waals surface area contributed by atoms with Crippen LogP contribution < -0.4 is 4.72 Å². The fourth-order valence-electron chi connectivity index (χ4n) is 7.86. The van der Waals surface area contributed by atoms with E-state index in [-0.39, 0.29) is 37.9 Å². The van der Waals surface area contributed by atoms with Crippen molar-refractivity contribution in [2.45, 2.75) is 99.3 Å². The molecule has 0 amide bonds. The number of sulfonamides is 1. The third kappa shape index (κ3) is 10.9. The van der Waals surface area contributed by atoms with Gasteiger partial charge in [0, 0.05) is 12.7 Å². The van der Waals surface area contributed by atoms with Crippen LogP contribution in [0, 0.1) is 6.92 Å². The summed E-state index contributed by atoms with van der Waals surface area (Å²) in [6.07, 6.45) is -9.44. The Morgan fingerprint density at radius 1 is 0.629 bits per heavy atom. The maximum absolute atomic E-state index is 13.9. The van der Waals surface area contributed by atoms with Gasteiger partial charge in [-0.15, -0.1) is 0 Å². The summed E-state index contributed by atoms with van der Waals surface area (Å²) in [5.74, 6) is 0. The molecule has 3 aliphatic heterocycles. The third-order valence-electron chi connectivity index (χ3n) is 11.2. The van der Waals surface area contributed by atoms with Crippen molar-refractivity contribution in [3.63, 3.8) is 0 Å². The van der Waals surface area contributed by atoms with E-state index >= 15 is 0 Å². The molecule has 3 saturated heterocycles. The SMILES string of the molecule is CO[C@H]1O[C@H](CO[C@H]2O[C@@H]3COC(c4ccccc4)O[C@H]3[C@H](O)[C@H]2NS(=O)(=O)c2ccc(C)cc2)[C@@H](OCc2ccccc2)[C@H](OCc2ccccc2)[C@H]1OCc1ccccc1. The minimum Gasteiger partial charge on any atom is -0.388 e. The molecular formula is C48H53NO12S. The molecule has 5 aromatic carbocycles. The van der Waals surface area contributed by atoms with Gasteiger partial charge in [-0.3, -0.25) is 0 Å². The lowest BCUT2D eigenvalue weighted by Gasteiger charge is -2.49. The average molecular weight is 868 g/mol. The Balaban J connectivity index is 1.08. The normalized spacial score (nSPS) is 28.9. The average Bonchev–Trinajstić information content (AvgIpc) is 3.31. The number of hydrogen-bond donors (Lipinski definition) is 2. The zero-order valence-corrected chi connectivity index (χ0v) is 35.4. The first-order valence-electron chi connectivity index (χ1n) is 20.8. The lowest BCUT2D eigenvalue weighted by Crippen LogP contribution is -2.67. The summed E-state index contributed by atoms with van der Waals surface area (Å²) in [6, 6.07) is 43.7. The van der Waals surface area contributed by atoms with E-state index in [1.54, 1.807) is 12.1 Å². The highest BCUT2D eigenvalue weighted by Crippen LogP contribution is 2.36. The summed E-state index contributed by atoms with van der Waals surface area (Å²) in [4.78, 5) is 0.0131. The van der Waals surface area contributed by atoms with Crippen LogP contribution >= 0.6 is 0 Å². The summed E-state index contributed by atoms with van der Waals surface area (Å²) >= 11 is 0. The van der Waals surface area contributed by atoms with Gasteiger partial charge < -0.3 is 47.7 Å². The molecular weight excluding hydrogens is 815 g/mol. The molecule has 0 saturated carbocycles. The second-order valence-electron chi connectivity index (χ2n) is 15.6. The molecule has 8 rings (SSSR count). The van der Waals surface area contributed by atoms with E-state index < -0.39 is 77.7 Å². The van der Waals surface area contributed by atoms with Gasteiger partial charge in [0.1, 0.15) is 48.8 Å². The predicted molar refractivity (Wildman–Crippen MR) is 227 cm³/mol. The molecule has 1 unspecified atom stereocenters. The number of nitrogens with one attached hydrogen (secondary N) is 1. The van der Waals surface area contributed by atoms with Crippen LogP contribution in [0.1, 0.15) is 34.1 Å². The number of aliphatic hydroxyl groups is 1. The van der Waals surface area contributed by atoms with E-state index in [1.165, 1.54) is 19.2 Å². The lowest BCUT2D eigenvalue weighted by molar-refractivity contribution is -0.355. The Labute approximate surface area is 362 Å². The Bertz CT molecular complexity index is 2220. The number of aliphatic hydroxyl groups excluding tert-OH is 1. The maximum Gasteiger partial charge on any atom is 0.241 e. The van der Waals surface area contributed by atoms with E-state index in [9.17, 15) is 13.5 Å². The second-order valence-corrected chi connectivity index (χ2v) is 17.3. The summed E-state index contributed by atoms with van der Waals surface area (Å²) < 4.78 is 88.6. The van der Waals surface area contributed by atoms with Gasteiger partial charge in [0.05, 0.1) is 37.9 Å². The number of aryl methyl sites for hydroxylation is 1. The lowest BCUT2D eigenvalue weighted by atomic mass is 9.96. The van der Waals surface area contributed by atoms with Crippen LogP contribution in [0.5, 0.6) is 0 Å². The minimum absolute atomic E-state index is 0.0131. The highest BCUT2D eigenvalue weighted by molar-refractivity contribution is 7.89. The Hall–Kier alpha value is -4.39. The number of fused-ring (bicyclic) bond motifs is 1. The van der Waals surface area contributed by atoms with E-state index in [4.69, 9.17) is 42.6 Å². The Kier molecular flexibility index (Phi) is 14.9. The number of ether oxygens (including phenoxy) is 9. The van der Waals surface area contributed by atoms with E-state index in [2.05, 4.69) is 4.72 Å². The van der Waals surface area contributed by atoms with Crippen molar-refractivity contribution in [3.05, 3.63) is 173 Å². The zero-order valence-electron chi connectivity index (χ0n) is 34.6. The molecule has 3 heterocycles. The number of benzene rings is 5. The van der Waals surface area contributed by atoms with Crippen LogP contribution in [0.4, 0.5) is 0 Å².